The van der Waals surface area contributed by atoms with Crippen LogP contribution >= 0.6 is 11.8 Å². The van der Waals surface area contributed by atoms with Crippen molar-refractivity contribution in [3.63, 3.8) is 0 Å². The molecule has 1 amide bonds. The molecule has 2 aliphatic rings. The van der Waals surface area contributed by atoms with Gasteiger partial charge >= 0.3 is 5.97 Å². The highest BCUT2D eigenvalue weighted by Gasteiger charge is 2.47. The smallest absolute Gasteiger partial charge is 0.338 e. The first-order valence-corrected chi connectivity index (χ1v) is 9.47. The van der Waals surface area contributed by atoms with Gasteiger partial charge in [-0.2, -0.15) is 0 Å². The maximum absolute atomic E-state index is 13.4. The lowest BCUT2D eigenvalue weighted by Crippen LogP contribution is -2.41. The number of hydrogen-bond acceptors (Lipinski definition) is 5. The highest BCUT2D eigenvalue weighted by atomic mass is 32.2. The van der Waals surface area contributed by atoms with Gasteiger partial charge in [0.1, 0.15) is 5.82 Å². The number of aliphatic imine (C=N–C) groups is 1. The summed E-state index contributed by atoms with van der Waals surface area (Å²) in [6, 6.07) is 5.18. The number of carbonyl (C=O) groups excluding carboxylic acids is 2. The van der Waals surface area contributed by atoms with Crippen LogP contribution in [0.2, 0.25) is 0 Å². The molecule has 0 bridgehead atoms. The Bertz CT molecular complexity index is 802. The summed E-state index contributed by atoms with van der Waals surface area (Å²) in [6.07, 6.45) is 0.370. The van der Waals surface area contributed by atoms with Gasteiger partial charge < -0.3 is 4.74 Å². The molecule has 1 aromatic carbocycles. The average molecular weight is 376 g/mol. The second-order valence-electron chi connectivity index (χ2n) is 6.52. The van der Waals surface area contributed by atoms with Gasteiger partial charge in [0.15, 0.2) is 5.17 Å². The fourth-order valence-corrected chi connectivity index (χ4v) is 4.22. The quantitative estimate of drug-likeness (QED) is 0.750. The van der Waals surface area contributed by atoms with Crippen molar-refractivity contribution >= 4 is 28.8 Å². The summed E-state index contributed by atoms with van der Waals surface area (Å²) in [7, 11) is 0. The van der Waals surface area contributed by atoms with E-state index in [-0.39, 0.29) is 23.1 Å². The number of benzene rings is 1. The van der Waals surface area contributed by atoms with Crippen molar-refractivity contribution in [2.75, 3.05) is 0 Å². The lowest BCUT2D eigenvalue weighted by molar-refractivity contribution is -0.143. The molecular formula is C19H21FN2O3S. The molecule has 1 fully saturated rings. The Morgan fingerprint density at radius 3 is 2.58 bits per heavy atom. The SMILES string of the molecule is CC[C@H]1SC2=NC(C)=C(C(=O)OC(C)C)[C@H](c3ccc(F)cc3)N2C1=O. The van der Waals surface area contributed by atoms with Gasteiger partial charge in [-0.05, 0) is 44.9 Å². The monoisotopic (exact) mass is 376 g/mol. The minimum Gasteiger partial charge on any atom is -0.459 e. The van der Waals surface area contributed by atoms with E-state index in [1.807, 2.05) is 6.92 Å². The average Bonchev–Trinajstić information content (AvgIpc) is 2.89. The molecule has 0 saturated carbocycles. The van der Waals surface area contributed by atoms with Crippen LogP contribution in [0.4, 0.5) is 4.39 Å². The summed E-state index contributed by atoms with van der Waals surface area (Å²) in [5.41, 5.74) is 1.49. The summed E-state index contributed by atoms with van der Waals surface area (Å²) >= 11 is 1.40. The second-order valence-corrected chi connectivity index (χ2v) is 7.69. The van der Waals surface area contributed by atoms with Crippen molar-refractivity contribution in [1.29, 1.82) is 0 Å². The molecule has 1 saturated heterocycles. The van der Waals surface area contributed by atoms with Gasteiger partial charge in [0.2, 0.25) is 5.91 Å². The van der Waals surface area contributed by atoms with E-state index in [0.29, 0.717) is 28.4 Å². The van der Waals surface area contributed by atoms with Gasteiger partial charge in [0, 0.05) is 0 Å². The largest absolute Gasteiger partial charge is 0.459 e. The van der Waals surface area contributed by atoms with Crippen molar-refractivity contribution in [1.82, 2.24) is 4.90 Å². The van der Waals surface area contributed by atoms with Crippen LogP contribution in [0, 0.1) is 5.82 Å². The topological polar surface area (TPSA) is 59.0 Å². The number of fused-ring (bicyclic) bond motifs is 1. The molecule has 3 rings (SSSR count). The number of hydrogen-bond donors (Lipinski definition) is 0. The van der Waals surface area contributed by atoms with E-state index in [0.717, 1.165) is 0 Å². The molecule has 138 valence electrons. The molecule has 0 unspecified atom stereocenters. The third-order valence-electron chi connectivity index (χ3n) is 4.27. The summed E-state index contributed by atoms with van der Waals surface area (Å²) in [5.74, 6) is -0.973. The maximum atomic E-state index is 13.4. The molecule has 2 atom stereocenters. The van der Waals surface area contributed by atoms with Gasteiger partial charge in [-0.25, -0.2) is 14.2 Å². The van der Waals surface area contributed by atoms with E-state index in [2.05, 4.69) is 4.99 Å². The van der Waals surface area contributed by atoms with Crippen LogP contribution in [0.15, 0.2) is 40.5 Å². The van der Waals surface area contributed by atoms with Crippen LogP contribution in [0.5, 0.6) is 0 Å². The van der Waals surface area contributed by atoms with Crippen molar-refractivity contribution in [2.45, 2.75) is 51.5 Å². The fraction of sp³-hybridized carbons (Fsp3) is 0.421. The first kappa shape index (κ1) is 18.6. The first-order chi connectivity index (χ1) is 12.3. The van der Waals surface area contributed by atoms with Gasteiger partial charge in [-0.1, -0.05) is 30.8 Å². The molecule has 0 aromatic heterocycles. The third-order valence-corrected chi connectivity index (χ3v) is 5.59. The zero-order valence-corrected chi connectivity index (χ0v) is 16.0. The minimum atomic E-state index is -0.661. The lowest BCUT2D eigenvalue weighted by atomic mass is 9.94. The van der Waals surface area contributed by atoms with Crippen LogP contribution in [0.1, 0.15) is 45.7 Å². The van der Waals surface area contributed by atoms with Crippen molar-refractivity contribution in [3.8, 4) is 0 Å². The number of esters is 1. The number of nitrogens with zero attached hydrogens (tertiary/aromatic N) is 2. The number of rotatable bonds is 4. The Morgan fingerprint density at radius 2 is 2.00 bits per heavy atom. The molecule has 7 heteroatoms. The van der Waals surface area contributed by atoms with E-state index < -0.39 is 12.0 Å². The maximum Gasteiger partial charge on any atom is 0.338 e. The van der Waals surface area contributed by atoms with Crippen LogP contribution in [-0.2, 0) is 14.3 Å². The Labute approximate surface area is 156 Å². The van der Waals surface area contributed by atoms with Crippen molar-refractivity contribution < 1.29 is 18.7 Å². The molecular weight excluding hydrogens is 355 g/mol. The second kappa shape index (κ2) is 7.23. The number of amidine groups is 1. The standard InChI is InChI=1S/C19H21FN2O3S/c1-5-14-17(23)22-16(12-6-8-13(20)9-7-12)15(18(24)25-10(2)3)11(4)21-19(22)26-14/h6-10,14,16H,5H2,1-4H3/t14-,16+/m1/s1. The van der Waals surface area contributed by atoms with Crippen molar-refractivity contribution in [2.24, 2.45) is 4.99 Å². The highest BCUT2D eigenvalue weighted by molar-refractivity contribution is 8.15. The normalized spacial score (nSPS) is 22.6. The van der Waals surface area contributed by atoms with E-state index >= 15 is 0 Å². The number of allylic oxidation sites excluding steroid dienone is 1. The van der Waals surface area contributed by atoms with E-state index in [1.165, 1.54) is 23.9 Å². The van der Waals surface area contributed by atoms with E-state index in [1.54, 1.807) is 37.8 Å². The Balaban J connectivity index is 2.12. The van der Waals surface area contributed by atoms with Gasteiger partial charge in [-0.15, -0.1) is 0 Å². The molecule has 26 heavy (non-hydrogen) atoms. The summed E-state index contributed by atoms with van der Waals surface area (Å²) in [6.45, 7) is 7.21. The summed E-state index contributed by atoms with van der Waals surface area (Å²) < 4.78 is 18.8. The van der Waals surface area contributed by atoms with Gasteiger partial charge in [-0.3, -0.25) is 9.69 Å². The number of halogens is 1. The summed E-state index contributed by atoms with van der Waals surface area (Å²) in [4.78, 5) is 31.7. The predicted molar refractivity (Wildman–Crippen MR) is 99.0 cm³/mol. The van der Waals surface area contributed by atoms with Gasteiger partial charge in [0.25, 0.3) is 0 Å². The number of amides is 1. The fourth-order valence-electron chi connectivity index (χ4n) is 3.09. The number of carbonyl (C=O) groups is 2. The minimum absolute atomic E-state index is 0.0899. The van der Waals surface area contributed by atoms with Gasteiger partial charge in [0.05, 0.1) is 28.7 Å². The van der Waals surface area contributed by atoms with Crippen LogP contribution < -0.4 is 0 Å². The van der Waals surface area contributed by atoms with Crippen LogP contribution in [0.25, 0.3) is 0 Å². The number of ether oxygens (including phenoxy) is 1. The van der Waals surface area contributed by atoms with E-state index in [4.69, 9.17) is 4.74 Å². The molecule has 0 spiro atoms. The van der Waals surface area contributed by atoms with Crippen LogP contribution in [-0.4, -0.2) is 33.3 Å². The number of thioether (sulfide) groups is 1. The molecule has 5 nitrogen and oxygen atoms in total. The first-order valence-electron chi connectivity index (χ1n) is 8.59. The molecule has 0 N–H and O–H groups in total. The highest BCUT2D eigenvalue weighted by Crippen LogP contribution is 2.44. The predicted octanol–water partition coefficient (Wildman–Crippen LogP) is 3.82. The molecule has 2 heterocycles. The zero-order valence-electron chi connectivity index (χ0n) is 15.2. The van der Waals surface area contributed by atoms with E-state index in [9.17, 15) is 14.0 Å². The Kier molecular flexibility index (Phi) is 5.18. The lowest BCUT2D eigenvalue weighted by Gasteiger charge is -2.33. The Morgan fingerprint density at radius 1 is 1.35 bits per heavy atom. The van der Waals surface area contributed by atoms with Crippen LogP contribution in [0.3, 0.4) is 0 Å². The third kappa shape index (κ3) is 3.28. The molecule has 2 aliphatic heterocycles. The molecule has 0 aliphatic carbocycles. The van der Waals surface area contributed by atoms with Crippen molar-refractivity contribution in [3.05, 3.63) is 46.9 Å². The molecule has 0 radical (unpaired) electrons. The Hall–Kier alpha value is -2.15. The summed E-state index contributed by atoms with van der Waals surface area (Å²) in [5, 5.41) is 0.347. The zero-order chi connectivity index (χ0) is 19.0. The molecule has 1 aromatic rings.